The van der Waals surface area contributed by atoms with E-state index >= 15 is 0 Å². The molecule has 1 aromatic heterocycles. The van der Waals surface area contributed by atoms with Crippen molar-refractivity contribution in [1.29, 1.82) is 0 Å². The summed E-state index contributed by atoms with van der Waals surface area (Å²) in [4.78, 5) is 11.5. The van der Waals surface area contributed by atoms with Crippen molar-refractivity contribution in [2.45, 2.75) is 0 Å². The molecular formula is C16H11F2N3O. The van der Waals surface area contributed by atoms with E-state index in [0.717, 1.165) is 12.1 Å². The van der Waals surface area contributed by atoms with Crippen LogP contribution in [0.25, 0.3) is 22.5 Å². The molecule has 0 aliphatic carbocycles. The van der Waals surface area contributed by atoms with Crippen molar-refractivity contribution >= 4 is 5.91 Å². The predicted octanol–water partition coefficient (Wildman–Crippen LogP) is 3.12. The van der Waals surface area contributed by atoms with Crippen LogP contribution < -0.4 is 5.73 Å². The van der Waals surface area contributed by atoms with E-state index in [1.165, 1.54) is 6.07 Å². The van der Waals surface area contributed by atoms with Crippen molar-refractivity contribution in [2.75, 3.05) is 0 Å². The van der Waals surface area contributed by atoms with Crippen LogP contribution in [0.15, 0.2) is 48.5 Å². The third-order valence-corrected chi connectivity index (χ3v) is 3.28. The molecule has 110 valence electrons. The van der Waals surface area contributed by atoms with Gasteiger partial charge in [0.25, 0.3) is 0 Å². The number of H-pyrrole nitrogens is 1. The zero-order valence-electron chi connectivity index (χ0n) is 11.3. The lowest BCUT2D eigenvalue weighted by atomic mass is 10.0. The molecule has 1 amide bonds. The summed E-state index contributed by atoms with van der Waals surface area (Å²) in [6.07, 6.45) is 0. The highest BCUT2D eigenvalue weighted by Gasteiger charge is 2.13. The first-order valence-electron chi connectivity index (χ1n) is 6.46. The maximum atomic E-state index is 13.3. The Morgan fingerprint density at radius 3 is 2.55 bits per heavy atom. The van der Waals surface area contributed by atoms with Crippen LogP contribution in [-0.2, 0) is 0 Å². The Hall–Kier alpha value is -3.02. The number of hydrogen-bond donors (Lipinski definition) is 2. The van der Waals surface area contributed by atoms with Gasteiger partial charge in [-0.3, -0.25) is 9.89 Å². The summed E-state index contributed by atoms with van der Waals surface area (Å²) in [5.41, 5.74) is 7.72. The van der Waals surface area contributed by atoms with Crippen molar-refractivity contribution in [3.05, 3.63) is 65.7 Å². The second-order valence-electron chi connectivity index (χ2n) is 4.71. The van der Waals surface area contributed by atoms with Gasteiger partial charge in [0.1, 0.15) is 0 Å². The first-order valence-corrected chi connectivity index (χ1v) is 6.46. The number of benzene rings is 2. The van der Waals surface area contributed by atoms with Crippen LogP contribution >= 0.6 is 0 Å². The molecule has 2 aromatic carbocycles. The summed E-state index contributed by atoms with van der Waals surface area (Å²) in [7, 11) is 0. The molecule has 0 spiro atoms. The van der Waals surface area contributed by atoms with Crippen molar-refractivity contribution in [2.24, 2.45) is 5.73 Å². The molecule has 0 saturated heterocycles. The molecule has 0 radical (unpaired) electrons. The minimum absolute atomic E-state index is 0.350. The lowest BCUT2D eigenvalue weighted by molar-refractivity contribution is 0.100. The standard InChI is InChI=1S/C16H11F2N3O/c17-12-6-5-9(7-13(12)18)14-8-15(21-20-14)10-3-1-2-4-11(10)16(19)22/h1-8H,(H2,19,22)(H,20,21). The minimum atomic E-state index is -0.945. The SMILES string of the molecule is NC(=O)c1ccccc1-c1cc(-c2ccc(F)c(F)c2)n[nH]1. The molecule has 0 saturated carbocycles. The number of hydrogen-bond acceptors (Lipinski definition) is 2. The van der Waals surface area contributed by atoms with E-state index in [9.17, 15) is 13.6 Å². The first-order chi connectivity index (χ1) is 10.6. The quantitative estimate of drug-likeness (QED) is 0.780. The van der Waals surface area contributed by atoms with Gasteiger partial charge in [0, 0.05) is 16.7 Å². The van der Waals surface area contributed by atoms with Gasteiger partial charge in [0.15, 0.2) is 11.6 Å². The van der Waals surface area contributed by atoms with E-state index in [0.29, 0.717) is 28.1 Å². The fourth-order valence-electron chi connectivity index (χ4n) is 2.20. The Labute approximate surface area is 124 Å². The van der Waals surface area contributed by atoms with Crippen LogP contribution in [0.4, 0.5) is 8.78 Å². The number of nitrogens with zero attached hydrogens (tertiary/aromatic N) is 1. The maximum absolute atomic E-state index is 13.3. The average molecular weight is 299 g/mol. The van der Waals surface area contributed by atoms with Gasteiger partial charge in [-0.25, -0.2) is 8.78 Å². The normalized spacial score (nSPS) is 10.6. The zero-order valence-corrected chi connectivity index (χ0v) is 11.3. The molecule has 0 aliphatic rings. The molecule has 0 bridgehead atoms. The van der Waals surface area contributed by atoms with Crippen molar-refractivity contribution in [1.82, 2.24) is 10.2 Å². The zero-order chi connectivity index (χ0) is 15.7. The van der Waals surface area contributed by atoms with Gasteiger partial charge >= 0.3 is 0 Å². The van der Waals surface area contributed by atoms with Gasteiger partial charge < -0.3 is 5.73 Å². The van der Waals surface area contributed by atoms with E-state index in [1.807, 2.05) is 0 Å². The molecule has 22 heavy (non-hydrogen) atoms. The topological polar surface area (TPSA) is 71.8 Å². The fourth-order valence-corrected chi connectivity index (χ4v) is 2.20. The summed E-state index contributed by atoms with van der Waals surface area (Å²) in [6.45, 7) is 0. The van der Waals surface area contributed by atoms with E-state index in [4.69, 9.17) is 5.73 Å². The molecule has 0 aliphatic heterocycles. The molecule has 6 heteroatoms. The summed E-state index contributed by atoms with van der Waals surface area (Å²) < 4.78 is 26.3. The molecule has 1 heterocycles. The highest BCUT2D eigenvalue weighted by atomic mass is 19.2. The number of carbonyl (C=O) groups is 1. The number of primary amides is 1. The number of rotatable bonds is 3. The highest BCUT2D eigenvalue weighted by molar-refractivity contribution is 5.99. The van der Waals surface area contributed by atoms with Crippen LogP contribution in [0.1, 0.15) is 10.4 Å². The molecule has 0 atom stereocenters. The number of nitrogens with one attached hydrogen (secondary N) is 1. The number of aromatic nitrogens is 2. The number of nitrogens with two attached hydrogens (primary N) is 1. The van der Waals surface area contributed by atoms with Gasteiger partial charge in [0.2, 0.25) is 5.91 Å². The van der Waals surface area contributed by atoms with Gasteiger partial charge in [0.05, 0.1) is 11.4 Å². The summed E-state index contributed by atoms with van der Waals surface area (Å²) >= 11 is 0. The number of halogens is 2. The maximum Gasteiger partial charge on any atom is 0.249 e. The molecule has 0 fully saturated rings. The van der Waals surface area contributed by atoms with Gasteiger partial charge in [-0.2, -0.15) is 5.10 Å². The molecule has 3 aromatic rings. The molecular weight excluding hydrogens is 288 g/mol. The Kier molecular flexibility index (Phi) is 3.42. The Morgan fingerprint density at radius 2 is 1.82 bits per heavy atom. The monoisotopic (exact) mass is 299 g/mol. The average Bonchev–Trinajstić information content (AvgIpc) is 3.00. The van der Waals surface area contributed by atoms with Gasteiger partial charge in [-0.1, -0.05) is 18.2 Å². The molecule has 4 nitrogen and oxygen atoms in total. The number of amides is 1. The van der Waals surface area contributed by atoms with Crippen LogP contribution in [-0.4, -0.2) is 16.1 Å². The van der Waals surface area contributed by atoms with E-state index in [1.54, 1.807) is 30.3 Å². The Balaban J connectivity index is 2.04. The second-order valence-corrected chi connectivity index (χ2v) is 4.71. The van der Waals surface area contributed by atoms with Crippen molar-refractivity contribution in [3.63, 3.8) is 0 Å². The lowest BCUT2D eigenvalue weighted by Crippen LogP contribution is -2.12. The number of carbonyl (C=O) groups excluding carboxylic acids is 1. The summed E-state index contributed by atoms with van der Waals surface area (Å²) in [5, 5.41) is 6.84. The molecule has 3 rings (SSSR count). The number of aromatic amines is 1. The van der Waals surface area contributed by atoms with E-state index in [-0.39, 0.29) is 0 Å². The summed E-state index contributed by atoms with van der Waals surface area (Å²) in [6, 6.07) is 12.0. The third-order valence-electron chi connectivity index (χ3n) is 3.28. The Morgan fingerprint density at radius 1 is 1.05 bits per heavy atom. The van der Waals surface area contributed by atoms with Crippen LogP contribution in [0.2, 0.25) is 0 Å². The van der Waals surface area contributed by atoms with Gasteiger partial charge in [-0.15, -0.1) is 0 Å². The van der Waals surface area contributed by atoms with Crippen molar-refractivity contribution in [3.8, 4) is 22.5 Å². The highest BCUT2D eigenvalue weighted by Crippen LogP contribution is 2.27. The van der Waals surface area contributed by atoms with E-state index < -0.39 is 17.5 Å². The fraction of sp³-hybridized carbons (Fsp3) is 0. The van der Waals surface area contributed by atoms with Gasteiger partial charge in [-0.05, 0) is 30.3 Å². The third kappa shape index (κ3) is 2.46. The van der Waals surface area contributed by atoms with E-state index in [2.05, 4.69) is 10.2 Å². The van der Waals surface area contributed by atoms with Crippen LogP contribution in [0.3, 0.4) is 0 Å². The first kappa shape index (κ1) is 13.9. The molecule has 3 N–H and O–H groups in total. The Bertz CT molecular complexity index is 858. The minimum Gasteiger partial charge on any atom is -0.366 e. The van der Waals surface area contributed by atoms with Crippen LogP contribution in [0, 0.1) is 11.6 Å². The lowest BCUT2D eigenvalue weighted by Gasteiger charge is -2.03. The predicted molar refractivity (Wildman–Crippen MR) is 77.9 cm³/mol. The second kappa shape index (κ2) is 5.40. The summed E-state index contributed by atoms with van der Waals surface area (Å²) in [5.74, 6) is -2.42. The molecule has 0 unspecified atom stereocenters. The smallest absolute Gasteiger partial charge is 0.249 e. The van der Waals surface area contributed by atoms with Crippen molar-refractivity contribution < 1.29 is 13.6 Å². The largest absolute Gasteiger partial charge is 0.366 e. The van der Waals surface area contributed by atoms with Crippen LogP contribution in [0.5, 0.6) is 0 Å².